The average molecular weight is 582 g/mol. The number of benzene rings is 4. The van der Waals surface area contributed by atoms with Crippen LogP contribution in [0.25, 0.3) is 21.8 Å². The molecule has 1 N–H and O–H groups in total. The third-order valence-electron chi connectivity index (χ3n) is 8.09. The Morgan fingerprint density at radius 2 is 0.878 bits per heavy atom. The summed E-state index contributed by atoms with van der Waals surface area (Å²) in [6.07, 6.45) is 0. The lowest BCUT2D eigenvalue weighted by Gasteiger charge is -2.18. The Balaban J connectivity index is 1.70. The molecule has 5 aromatic rings. The van der Waals surface area contributed by atoms with Crippen molar-refractivity contribution in [1.29, 1.82) is 0 Å². The molecule has 1 heterocycles. The van der Waals surface area contributed by atoms with Crippen LogP contribution in [0.2, 0.25) is 0 Å². The van der Waals surface area contributed by atoms with Gasteiger partial charge in [0.2, 0.25) is 0 Å². The summed E-state index contributed by atoms with van der Waals surface area (Å²) in [5.41, 5.74) is 9.82. The van der Waals surface area contributed by atoms with Gasteiger partial charge in [0, 0.05) is 35.5 Å². The molecule has 0 aliphatic rings. The monoisotopic (exact) mass is 581 g/mol. The molecule has 0 fully saturated rings. The van der Waals surface area contributed by atoms with Crippen molar-refractivity contribution in [1.82, 2.24) is 4.98 Å². The fraction of sp³-hybridized carbons (Fsp3) is 0.333. The Morgan fingerprint density at radius 3 is 1.20 bits per heavy atom. The maximum Gasteiger partial charge on any atom is 0.0617 e. The van der Waals surface area contributed by atoms with E-state index in [-0.39, 0.29) is 0 Å². The molecule has 0 saturated heterocycles. The van der Waals surface area contributed by atoms with E-state index in [2.05, 4.69) is 146 Å². The largest absolute Gasteiger partial charge is 0.353 e. The van der Waals surface area contributed by atoms with E-state index in [4.69, 9.17) is 9.49 Å². The van der Waals surface area contributed by atoms with Crippen LogP contribution in [0.4, 0.5) is 11.4 Å². The fourth-order valence-corrected chi connectivity index (χ4v) is 9.87. The summed E-state index contributed by atoms with van der Waals surface area (Å²) >= 11 is 0. The first kappa shape index (κ1) is 29.6. The third-order valence-corrected chi connectivity index (χ3v) is 12.6. The third kappa shape index (κ3) is 6.04. The lowest BCUT2D eigenvalue weighted by Crippen LogP contribution is -2.07. The van der Waals surface area contributed by atoms with E-state index in [0.717, 1.165) is 11.4 Å². The molecule has 3 nitrogen and oxygen atoms in total. The fourth-order valence-electron chi connectivity index (χ4n) is 5.75. The maximum absolute atomic E-state index is 5.37. The van der Waals surface area contributed by atoms with E-state index < -0.39 is 14.1 Å². The van der Waals surface area contributed by atoms with Crippen molar-refractivity contribution in [3.05, 3.63) is 95.1 Å². The summed E-state index contributed by atoms with van der Waals surface area (Å²) in [4.78, 5) is 3.94. The lowest BCUT2D eigenvalue weighted by molar-refractivity contribution is 0.867. The summed E-state index contributed by atoms with van der Waals surface area (Å²) < 4.78 is 10.7. The highest BCUT2D eigenvalue weighted by Crippen LogP contribution is 2.49. The minimum atomic E-state index is -1.84. The van der Waals surface area contributed by atoms with Crippen molar-refractivity contribution in [3.8, 4) is 0 Å². The van der Waals surface area contributed by atoms with E-state index in [0.29, 0.717) is 11.8 Å². The van der Waals surface area contributed by atoms with Gasteiger partial charge in [0.25, 0.3) is 0 Å². The molecule has 0 saturated carbocycles. The zero-order valence-electron chi connectivity index (χ0n) is 26.4. The molecule has 0 atom stereocenters. The van der Waals surface area contributed by atoms with E-state index >= 15 is 0 Å². The van der Waals surface area contributed by atoms with Crippen LogP contribution in [-0.2, 0) is 0 Å². The van der Waals surface area contributed by atoms with Gasteiger partial charge in [0.1, 0.15) is 0 Å². The second-order valence-corrected chi connectivity index (χ2v) is 20.0. The van der Waals surface area contributed by atoms with Crippen LogP contribution in [0.5, 0.6) is 0 Å². The summed E-state index contributed by atoms with van der Waals surface area (Å²) in [5.74, 6) is 1.04. The number of hydrogen-bond acceptors (Lipinski definition) is 2. The van der Waals surface area contributed by atoms with Crippen LogP contribution < -0.4 is 10.6 Å². The van der Waals surface area contributed by atoms with Gasteiger partial charge in [-0.2, -0.15) is 0 Å². The van der Waals surface area contributed by atoms with Gasteiger partial charge in [-0.15, -0.1) is 0 Å². The second-order valence-electron chi connectivity index (χ2n) is 13.0. The molecule has 0 amide bonds. The number of H-pyrrole nitrogens is 1. The summed E-state index contributed by atoms with van der Waals surface area (Å²) in [6, 6.07) is 27.0. The number of aryl methyl sites for hydroxylation is 2. The van der Waals surface area contributed by atoms with Gasteiger partial charge in [-0.1, -0.05) is 52.0 Å². The number of fused-ring (bicyclic) bond motifs is 3. The minimum absolute atomic E-state index is 0.519. The van der Waals surface area contributed by atoms with Crippen LogP contribution in [0, 0.1) is 13.8 Å². The summed E-state index contributed by atoms with van der Waals surface area (Å²) in [7, 11) is -3.68. The molecule has 0 aliphatic carbocycles. The van der Waals surface area contributed by atoms with E-state index in [1.165, 1.54) is 54.7 Å². The molecule has 4 aromatic carbocycles. The standard InChI is InChI=1S/C36H45N3P2/c1-23(2)27-11-15-29(16-12-27)38-40(7,8)33-21-25(5)19-31-32-20-26(6)22-34(36(32)37-35(31)33)41(9,10)39-30-17-13-28(14-18-30)24(3)4/h11-24,37H,1-10H3. The van der Waals surface area contributed by atoms with Crippen molar-refractivity contribution < 1.29 is 0 Å². The highest BCUT2D eigenvalue weighted by molar-refractivity contribution is 7.73. The molecule has 0 aliphatic heterocycles. The van der Waals surface area contributed by atoms with E-state index in [1.54, 1.807) is 0 Å². The van der Waals surface area contributed by atoms with Gasteiger partial charge in [-0.05, 0) is 123 Å². The number of nitrogens with one attached hydrogen (secondary N) is 1. The zero-order chi connectivity index (χ0) is 29.7. The van der Waals surface area contributed by atoms with Crippen molar-refractivity contribution in [3.63, 3.8) is 0 Å². The summed E-state index contributed by atoms with van der Waals surface area (Å²) in [5, 5.41) is 5.24. The van der Waals surface area contributed by atoms with Crippen molar-refractivity contribution >= 4 is 57.9 Å². The Kier molecular flexibility index (Phi) is 8.01. The van der Waals surface area contributed by atoms with Gasteiger partial charge >= 0.3 is 0 Å². The maximum atomic E-state index is 5.37. The first-order valence-corrected chi connectivity index (χ1v) is 19.9. The van der Waals surface area contributed by atoms with Gasteiger partial charge < -0.3 is 4.98 Å². The van der Waals surface area contributed by atoms with Crippen molar-refractivity contribution in [2.24, 2.45) is 9.49 Å². The Bertz CT molecular complexity index is 1710. The first-order valence-electron chi connectivity index (χ1n) is 14.7. The van der Waals surface area contributed by atoms with Crippen molar-refractivity contribution in [2.45, 2.75) is 53.4 Å². The number of aromatic amines is 1. The highest BCUT2D eigenvalue weighted by Gasteiger charge is 2.22. The molecule has 1 aromatic heterocycles. The predicted octanol–water partition coefficient (Wildman–Crippen LogP) is 11.0. The molecular formula is C36H45N3P2. The molecule has 5 rings (SSSR count). The highest BCUT2D eigenvalue weighted by atomic mass is 31.2. The smallest absolute Gasteiger partial charge is 0.0617 e. The molecule has 214 valence electrons. The SMILES string of the molecule is Cc1cc(P(C)(C)=Nc2ccc(C(C)C)cc2)c2[nH]c3c(P(C)(C)=Nc4ccc(C(C)C)cc4)cc(C)cc3c2c1. The quantitative estimate of drug-likeness (QED) is 0.194. The Morgan fingerprint density at radius 1 is 0.537 bits per heavy atom. The molecule has 5 heteroatoms. The van der Waals surface area contributed by atoms with Gasteiger partial charge in [0.15, 0.2) is 0 Å². The number of hydrogen-bond donors (Lipinski definition) is 1. The number of aromatic nitrogens is 1. The lowest BCUT2D eigenvalue weighted by atomic mass is 10.0. The van der Waals surface area contributed by atoms with Crippen LogP contribution in [0.3, 0.4) is 0 Å². The molecule has 0 unspecified atom stereocenters. The molecule has 41 heavy (non-hydrogen) atoms. The second kappa shape index (κ2) is 11.1. The normalized spacial score (nSPS) is 12.6. The van der Waals surface area contributed by atoms with Crippen LogP contribution in [-0.4, -0.2) is 31.6 Å². The topological polar surface area (TPSA) is 40.5 Å². The van der Waals surface area contributed by atoms with E-state index in [1.807, 2.05) is 0 Å². The van der Waals surface area contributed by atoms with Crippen LogP contribution in [0.15, 0.2) is 82.3 Å². The molecular weight excluding hydrogens is 536 g/mol. The predicted molar refractivity (Wildman–Crippen MR) is 187 cm³/mol. The zero-order valence-corrected chi connectivity index (χ0v) is 28.2. The Labute approximate surface area is 246 Å². The Hall–Kier alpha value is -2.86. The molecule has 0 bridgehead atoms. The van der Waals surface area contributed by atoms with Gasteiger partial charge in [-0.3, -0.25) is 9.49 Å². The number of rotatable bonds is 6. The average Bonchev–Trinajstić information content (AvgIpc) is 3.25. The first-order chi connectivity index (χ1) is 19.2. The number of nitrogens with zero attached hydrogens (tertiary/aromatic N) is 2. The van der Waals surface area contributed by atoms with Crippen molar-refractivity contribution in [2.75, 3.05) is 26.7 Å². The van der Waals surface area contributed by atoms with Crippen LogP contribution in [0.1, 0.15) is 61.8 Å². The molecule has 0 radical (unpaired) electrons. The van der Waals surface area contributed by atoms with Gasteiger partial charge in [0.05, 0.1) is 22.4 Å². The summed E-state index contributed by atoms with van der Waals surface area (Å²) in [6.45, 7) is 22.7. The van der Waals surface area contributed by atoms with Crippen LogP contribution >= 0.6 is 14.1 Å². The van der Waals surface area contributed by atoms with E-state index in [9.17, 15) is 0 Å². The molecule has 0 spiro atoms. The van der Waals surface area contributed by atoms with Gasteiger partial charge in [-0.25, -0.2) is 0 Å². The minimum Gasteiger partial charge on any atom is -0.353 e.